The molecule has 0 aliphatic heterocycles. The van der Waals surface area contributed by atoms with Crippen LogP contribution in [0, 0.1) is 6.92 Å². The highest BCUT2D eigenvalue weighted by Crippen LogP contribution is 2.59. The first-order valence-corrected chi connectivity index (χ1v) is 25.4. The summed E-state index contributed by atoms with van der Waals surface area (Å²) < 4.78 is 0. The number of para-hydroxylation sites is 2. The smallest absolute Gasteiger partial charge is 0.0526 e. The number of hydrogen-bond donors (Lipinski definition) is 2. The van der Waals surface area contributed by atoms with Crippen LogP contribution in [-0.4, -0.2) is 0 Å². The molecule has 0 radical (unpaired) electrons. The van der Waals surface area contributed by atoms with Gasteiger partial charge in [-0.3, -0.25) is 0 Å². The lowest BCUT2D eigenvalue weighted by Crippen LogP contribution is -2.30. The van der Waals surface area contributed by atoms with Crippen LogP contribution in [0.25, 0.3) is 28.3 Å². The van der Waals surface area contributed by atoms with E-state index < -0.39 is 0 Å². The van der Waals surface area contributed by atoms with Crippen molar-refractivity contribution in [3.8, 4) is 11.1 Å². The lowest BCUT2D eigenvalue weighted by Gasteiger charge is -2.33. The first-order valence-electron chi connectivity index (χ1n) is 24.6. The third-order valence-corrected chi connectivity index (χ3v) is 15.1. The lowest BCUT2D eigenvalue weighted by molar-refractivity contribution is 0.631. The van der Waals surface area contributed by atoms with Gasteiger partial charge in [-0.15, -0.1) is 0 Å². The van der Waals surface area contributed by atoms with Gasteiger partial charge in [-0.25, -0.2) is 0 Å². The van der Waals surface area contributed by atoms with E-state index in [1.165, 1.54) is 87.7 Å². The Labute approximate surface area is 424 Å². The van der Waals surface area contributed by atoms with E-state index in [9.17, 15) is 0 Å². The van der Waals surface area contributed by atoms with Crippen LogP contribution in [0.4, 0.5) is 17.1 Å². The van der Waals surface area contributed by atoms with Gasteiger partial charge in [-0.1, -0.05) is 225 Å². The highest BCUT2D eigenvalue weighted by atomic mass is 32.2. The molecule has 0 aromatic heterocycles. The molecule has 9 aromatic rings. The molecule has 9 aromatic carbocycles. The second-order valence-corrected chi connectivity index (χ2v) is 19.3. The molecule has 0 saturated heterocycles. The van der Waals surface area contributed by atoms with Gasteiger partial charge in [0.2, 0.25) is 0 Å². The van der Waals surface area contributed by atoms with Crippen molar-refractivity contribution in [1.82, 2.24) is 0 Å². The van der Waals surface area contributed by atoms with Gasteiger partial charge in [0, 0.05) is 32.9 Å². The molecule has 71 heavy (non-hydrogen) atoms. The monoisotopic (exact) mass is 934 g/mol. The second kappa shape index (κ2) is 21.3. The third-order valence-electron chi connectivity index (χ3n) is 13.9. The van der Waals surface area contributed by atoms with Crippen LogP contribution in [-0.2, 0) is 18.3 Å². The maximum atomic E-state index is 4.65. The zero-order valence-electron chi connectivity index (χ0n) is 40.7. The van der Waals surface area contributed by atoms with Gasteiger partial charge in [-0.05, 0) is 147 Å². The van der Waals surface area contributed by atoms with Gasteiger partial charge in [-0.2, -0.15) is 0 Å². The van der Waals surface area contributed by atoms with E-state index in [4.69, 9.17) is 0 Å². The standard InChI is InChI=1S/C49H41N.C19H17NS/c1-4-37-19-8-11-23-42(37)39(34(2)29-30-36-17-6-5-7-18-36)31-32-50-47-28-16-27-46-48(47)43-24-13-15-26-45(43)49(46)33-38-20-9-10-21-40(38)35(3)41-22-12-14-25-44(41)49;1-15-9-5-7-13-18(15)21-19-14-8-6-12-17(19)20-16-10-3-2-4-11-16/h5-32,50H,3-4,33H2,1-2H3;2-14,20H,1H3/b30-29-,32-31+,39-34+;. The van der Waals surface area contributed by atoms with Crippen molar-refractivity contribution >= 4 is 46.0 Å². The summed E-state index contributed by atoms with van der Waals surface area (Å²) >= 11 is 1.80. The summed E-state index contributed by atoms with van der Waals surface area (Å²) in [7, 11) is 0. The third kappa shape index (κ3) is 9.62. The summed E-state index contributed by atoms with van der Waals surface area (Å²) in [6.07, 6.45) is 10.6. The summed E-state index contributed by atoms with van der Waals surface area (Å²) in [6.45, 7) is 11.2. The van der Waals surface area contributed by atoms with Crippen LogP contribution in [0.1, 0.15) is 69.5 Å². The molecule has 346 valence electrons. The highest BCUT2D eigenvalue weighted by Gasteiger charge is 2.48. The number of anilines is 3. The van der Waals surface area contributed by atoms with E-state index >= 15 is 0 Å². The van der Waals surface area contributed by atoms with Gasteiger partial charge in [0.05, 0.1) is 11.1 Å². The van der Waals surface area contributed by atoms with E-state index in [0.717, 1.165) is 35.5 Å². The molecule has 11 rings (SSSR count). The highest BCUT2D eigenvalue weighted by molar-refractivity contribution is 7.99. The molecule has 0 heterocycles. The summed E-state index contributed by atoms with van der Waals surface area (Å²) in [5.41, 5.74) is 22.0. The number of hydrogen-bond acceptors (Lipinski definition) is 3. The number of nitrogens with one attached hydrogen (secondary N) is 2. The van der Waals surface area contributed by atoms with E-state index in [1.54, 1.807) is 11.8 Å². The van der Waals surface area contributed by atoms with Gasteiger partial charge in [0.25, 0.3) is 0 Å². The summed E-state index contributed by atoms with van der Waals surface area (Å²) in [4.78, 5) is 2.52. The molecular formula is C68H58N2S. The van der Waals surface area contributed by atoms with Crippen molar-refractivity contribution in [3.05, 3.63) is 311 Å². The molecule has 2 N–H and O–H groups in total. The van der Waals surface area contributed by atoms with Crippen molar-refractivity contribution in [1.29, 1.82) is 0 Å². The van der Waals surface area contributed by atoms with Gasteiger partial charge in [0.1, 0.15) is 0 Å². The molecule has 0 saturated carbocycles. The molecule has 1 unspecified atom stereocenters. The molecule has 2 aliphatic carbocycles. The minimum atomic E-state index is -0.344. The van der Waals surface area contributed by atoms with E-state index in [-0.39, 0.29) is 5.41 Å². The van der Waals surface area contributed by atoms with Gasteiger partial charge in [0.15, 0.2) is 0 Å². The predicted octanol–water partition coefficient (Wildman–Crippen LogP) is 18.2. The van der Waals surface area contributed by atoms with Crippen LogP contribution < -0.4 is 10.6 Å². The topological polar surface area (TPSA) is 24.1 Å². The first-order chi connectivity index (χ1) is 34.9. The predicted molar refractivity (Wildman–Crippen MR) is 305 cm³/mol. The van der Waals surface area contributed by atoms with E-state index in [2.05, 4.69) is 269 Å². The maximum absolute atomic E-state index is 4.65. The number of rotatable bonds is 11. The molecule has 0 amide bonds. The lowest BCUT2D eigenvalue weighted by atomic mass is 9.68. The number of aryl methyl sites for hydroxylation is 2. The number of allylic oxidation sites excluding steroid dienone is 4. The van der Waals surface area contributed by atoms with Crippen molar-refractivity contribution in [2.75, 3.05) is 10.6 Å². The zero-order valence-corrected chi connectivity index (χ0v) is 41.5. The van der Waals surface area contributed by atoms with Gasteiger partial charge >= 0.3 is 0 Å². The quantitative estimate of drug-likeness (QED) is 0.126. The summed E-state index contributed by atoms with van der Waals surface area (Å²) in [5, 5.41) is 7.28. The summed E-state index contributed by atoms with van der Waals surface area (Å²) in [5.74, 6) is 0. The fraction of sp³-hybridized carbons (Fsp3) is 0.0882. The Morgan fingerprint density at radius 3 is 1.93 bits per heavy atom. The first kappa shape index (κ1) is 46.6. The largest absolute Gasteiger partial charge is 0.361 e. The summed E-state index contributed by atoms with van der Waals surface area (Å²) in [6, 6.07) is 80.0. The van der Waals surface area contributed by atoms with Crippen molar-refractivity contribution in [2.45, 2.75) is 48.8 Å². The van der Waals surface area contributed by atoms with Crippen LogP contribution in [0.5, 0.6) is 0 Å². The molecule has 1 atom stereocenters. The molecule has 3 heteroatoms. The van der Waals surface area contributed by atoms with Crippen molar-refractivity contribution in [3.63, 3.8) is 0 Å². The Hall–Kier alpha value is -8.11. The average molecular weight is 935 g/mol. The van der Waals surface area contributed by atoms with E-state index in [0.29, 0.717) is 0 Å². The van der Waals surface area contributed by atoms with Crippen LogP contribution >= 0.6 is 11.8 Å². The minimum absolute atomic E-state index is 0.344. The number of fused-ring (bicyclic) bond motifs is 8. The molecule has 1 spiro atoms. The van der Waals surface area contributed by atoms with Crippen LogP contribution in [0.15, 0.2) is 265 Å². The molecular weight excluding hydrogens is 877 g/mol. The Bertz CT molecular complexity index is 3450. The minimum Gasteiger partial charge on any atom is -0.361 e. The van der Waals surface area contributed by atoms with Crippen LogP contribution in [0.2, 0.25) is 0 Å². The zero-order chi connectivity index (χ0) is 48.6. The van der Waals surface area contributed by atoms with Crippen LogP contribution in [0.3, 0.4) is 0 Å². The Kier molecular flexibility index (Phi) is 14.0. The fourth-order valence-corrected chi connectivity index (χ4v) is 11.4. The van der Waals surface area contributed by atoms with Gasteiger partial charge < -0.3 is 10.6 Å². The Balaban J connectivity index is 0.000000231. The number of benzene rings is 9. The van der Waals surface area contributed by atoms with Crippen molar-refractivity contribution < 1.29 is 0 Å². The fourth-order valence-electron chi connectivity index (χ4n) is 10.4. The second-order valence-electron chi connectivity index (χ2n) is 18.2. The SMILES string of the molecule is C=C1c2ccccc2CC2(c3ccccc31)c1ccccc1-c1c(N/C=C/C(=C(C)\C=C/c3ccccc3)c3ccccc3CC)cccc12.Cc1ccccc1Sc1ccccc1Nc1ccccc1. The Morgan fingerprint density at radius 2 is 1.15 bits per heavy atom. The molecule has 0 bridgehead atoms. The van der Waals surface area contributed by atoms with Crippen molar-refractivity contribution in [2.24, 2.45) is 0 Å². The van der Waals surface area contributed by atoms with E-state index in [1.807, 2.05) is 18.2 Å². The average Bonchev–Trinajstić information content (AvgIpc) is 3.65. The Morgan fingerprint density at radius 1 is 0.563 bits per heavy atom. The molecule has 2 nitrogen and oxygen atoms in total. The maximum Gasteiger partial charge on any atom is 0.0526 e. The molecule has 0 fully saturated rings. The molecule has 2 aliphatic rings. The normalized spacial score (nSPS) is 14.7.